The summed E-state index contributed by atoms with van der Waals surface area (Å²) in [5.41, 5.74) is 1.31. The Balaban J connectivity index is 1.31. The SMILES string of the molecule is c1cc2c(cc1CN1CC(N3CCNCC3)C1)OCO2. The van der Waals surface area contributed by atoms with Crippen molar-refractivity contribution in [1.82, 2.24) is 15.1 Å². The number of fused-ring (bicyclic) bond motifs is 1. The minimum atomic E-state index is 0.355. The van der Waals surface area contributed by atoms with Crippen LogP contribution in [0.5, 0.6) is 11.5 Å². The Bertz CT molecular complexity index is 482. The normalized spacial score (nSPS) is 23.8. The van der Waals surface area contributed by atoms with Crippen LogP contribution in [-0.4, -0.2) is 61.9 Å². The molecule has 3 aliphatic heterocycles. The van der Waals surface area contributed by atoms with Crippen LogP contribution in [0.25, 0.3) is 0 Å². The first-order valence-corrected chi connectivity index (χ1v) is 7.44. The van der Waals surface area contributed by atoms with E-state index in [2.05, 4.69) is 27.2 Å². The molecule has 0 saturated carbocycles. The maximum absolute atomic E-state index is 5.43. The summed E-state index contributed by atoms with van der Waals surface area (Å²) in [4.78, 5) is 5.12. The Morgan fingerprint density at radius 3 is 2.75 bits per heavy atom. The Labute approximate surface area is 119 Å². The molecule has 0 atom stereocenters. The molecule has 4 rings (SSSR count). The number of nitrogens with one attached hydrogen (secondary N) is 1. The van der Waals surface area contributed by atoms with Crippen LogP contribution < -0.4 is 14.8 Å². The molecule has 20 heavy (non-hydrogen) atoms. The predicted octanol–water partition coefficient (Wildman–Crippen LogP) is 0.505. The van der Waals surface area contributed by atoms with Crippen LogP contribution in [0.15, 0.2) is 18.2 Å². The summed E-state index contributed by atoms with van der Waals surface area (Å²) < 4.78 is 10.8. The van der Waals surface area contributed by atoms with E-state index < -0.39 is 0 Å². The van der Waals surface area contributed by atoms with Gasteiger partial charge in [-0.15, -0.1) is 0 Å². The maximum Gasteiger partial charge on any atom is 0.231 e. The molecule has 0 aromatic heterocycles. The number of nitrogens with zero attached hydrogens (tertiary/aromatic N) is 2. The van der Waals surface area contributed by atoms with Crippen LogP contribution in [0.2, 0.25) is 0 Å². The molecule has 0 amide bonds. The van der Waals surface area contributed by atoms with Gasteiger partial charge in [-0.05, 0) is 17.7 Å². The second-order valence-electron chi connectivity index (χ2n) is 5.82. The van der Waals surface area contributed by atoms with Crippen molar-refractivity contribution in [3.05, 3.63) is 23.8 Å². The zero-order valence-corrected chi connectivity index (χ0v) is 11.7. The van der Waals surface area contributed by atoms with Gasteiger partial charge in [0.25, 0.3) is 0 Å². The number of hydrogen-bond acceptors (Lipinski definition) is 5. The van der Waals surface area contributed by atoms with Crippen molar-refractivity contribution in [3.63, 3.8) is 0 Å². The van der Waals surface area contributed by atoms with E-state index in [1.807, 2.05) is 6.07 Å². The quantitative estimate of drug-likeness (QED) is 0.870. The predicted molar refractivity (Wildman–Crippen MR) is 76.1 cm³/mol. The van der Waals surface area contributed by atoms with Crippen molar-refractivity contribution in [2.45, 2.75) is 12.6 Å². The summed E-state index contributed by atoms with van der Waals surface area (Å²) in [6.45, 7) is 8.41. The summed E-state index contributed by atoms with van der Waals surface area (Å²) >= 11 is 0. The van der Waals surface area contributed by atoms with Gasteiger partial charge in [0.05, 0.1) is 0 Å². The highest BCUT2D eigenvalue weighted by atomic mass is 16.7. The number of rotatable bonds is 3. The zero-order chi connectivity index (χ0) is 13.4. The van der Waals surface area contributed by atoms with Crippen LogP contribution in [0, 0.1) is 0 Å². The van der Waals surface area contributed by atoms with Crippen molar-refractivity contribution >= 4 is 0 Å². The average molecular weight is 275 g/mol. The topological polar surface area (TPSA) is 37.0 Å². The molecule has 0 radical (unpaired) electrons. The van der Waals surface area contributed by atoms with Crippen LogP contribution in [0.1, 0.15) is 5.56 Å². The molecule has 1 N–H and O–H groups in total. The monoisotopic (exact) mass is 275 g/mol. The van der Waals surface area contributed by atoms with E-state index in [1.165, 1.54) is 31.7 Å². The lowest BCUT2D eigenvalue weighted by molar-refractivity contribution is 0.0223. The molecule has 1 aromatic carbocycles. The maximum atomic E-state index is 5.43. The minimum Gasteiger partial charge on any atom is -0.454 e. The van der Waals surface area contributed by atoms with Crippen molar-refractivity contribution in [2.75, 3.05) is 46.1 Å². The Hall–Kier alpha value is -1.30. The lowest BCUT2D eigenvalue weighted by Gasteiger charge is -2.46. The number of benzene rings is 1. The zero-order valence-electron chi connectivity index (χ0n) is 11.7. The highest BCUT2D eigenvalue weighted by molar-refractivity contribution is 5.44. The van der Waals surface area contributed by atoms with E-state index >= 15 is 0 Å². The molecule has 0 unspecified atom stereocenters. The van der Waals surface area contributed by atoms with Crippen molar-refractivity contribution in [3.8, 4) is 11.5 Å². The summed E-state index contributed by atoms with van der Waals surface area (Å²) in [6, 6.07) is 7.03. The molecule has 5 heteroatoms. The summed E-state index contributed by atoms with van der Waals surface area (Å²) in [6.07, 6.45) is 0. The largest absolute Gasteiger partial charge is 0.454 e. The van der Waals surface area contributed by atoms with Gasteiger partial charge in [0, 0.05) is 51.9 Å². The van der Waals surface area contributed by atoms with E-state index in [0.29, 0.717) is 6.79 Å². The van der Waals surface area contributed by atoms with Crippen molar-refractivity contribution in [2.24, 2.45) is 0 Å². The van der Waals surface area contributed by atoms with E-state index in [4.69, 9.17) is 9.47 Å². The molecular formula is C15H21N3O2. The third-order valence-corrected chi connectivity index (χ3v) is 4.45. The van der Waals surface area contributed by atoms with Gasteiger partial charge < -0.3 is 14.8 Å². The molecule has 0 spiro atoms. The molecule has 3 heterocycles. The van der Waals surface area contributed by atoms with Crippen LogP contribution in [0.3, 0.4) is 0 Å². The number of ether oxygens (including phenoxy) is 2. The smallest absolute Gasteiger partial charge is 0.231 e. The second-order valence-corrected chi connectivity index (χ2v) is 5.82. The summed E-state index contributed by atoms with van der Waals surface area (Å²) in [5, 5.41) is 3.41. The Morgan fingerprint density at radius 1 is 1.10 bits per heavy atom. The summed E-state index contributed by atoms with van der Waals surface area (Å²) in [5.74, 6) is 1.76. The lowest BCUT2D eigenvalue weighted by atomic mass is 10.0. The third-order valence-electron chi connectivity index (χ3n) is 4.45. The fourth-order valence-electron chi connectivity index (χ4n) is 3.25. The van der Waals surface area contributed by atoms with E-state index in [1.54, 1.807) is 0 Å². The highest BCUT2D eigenvalue weighted by Crippen LogP contribution is 2.33. The van der Waals surface area contributed by atoms with Gasteiger partial charge >= 0.3 is 0 Å². The molecule has 3 aliphatic rings. The van der Waals surface area contributed by atoms with Crippen LogP contribution in [-0.2, 0) is 6.54 Å². The molecule has 0 aliphatic carbocycles. The molecule has 2 fully saturated rings. The first-order chi connectivity index (χ1) is 9.88. The van der Waals surface area contributed by atoms with Gasteiger partial charge in [-0.3, -0.25) is 9.80 Å². The van der Waals surface area contributed by atoms with Gasteiger partial charge in [0.2, 0.25) is 6.79 Å². The fourth-order valence-corrected chi connectivity index (χ4v) is 3.25. The van der Waals surface area contributed by atoms with E-state index in [0.717, 1.165) is 37.2 Å². The summed E-state index contributed by atoms with van der Waals surface area (Å²) in [7, 11) is 0. The second kappa shape index (κ2) is 5.24. The van der Waals surface area contributed by atoms with Crippen LogP contribution in [0.4, 0.5) is 0 Å². The lowest BCUT2D eigenvalue weighted by Crippen LogP contribution is -2.62. The van der Waals surface area contributed by atoms with Gasteiger partial charge in [0.15, 0.2) is 11.5 Å². The molecule has 108 valence electrons. The number of piperazine rings is 1. The third kappa shape index (κ3) is 2.37. The molecule has 0 bridgehead atoms. The number of hydrogen-bond donors (Lipinski definition) is 1. The van der Waals surface area contributed by atoms with Gasteiger partial charge in [-0.2, -0.15) is 0 Å². The van der Waals surface area contributed by atoms with Gasteiger partial charge in [-0.1, -0.05) is 6.07 Å². The molecule has 1 aromatic rings. The standard InChI is InChI=1S/C15H21N3O2/c1-2-14-15(20-11-19-14)7-12(1)8-17-9-13(10-17)18-5-3-16-4-6-18/h1-2,7,13,16H,3-6,8-11H2. The Kier molecular flexibility index (Phi) is 3.26. The van der Waals surface area contributed by atoms with E-state index in [9.17, 15) is 0 Å². The molecular weight excluding hydrogens is 254 g/mol. The molecule has 5 nitrogen and oxygen atoms in total. The Morgan fingerprint density at radius 2 is 1.90 bits per heavy atom. The first-order valence-electron chi connectivity index (χ1n) is 7.44. The van der Waals surface area contributed by atoms with Gasteiger partial charge in [0.1, 0.15) is 0 Å². The molecule has 2 saturated heterocycles. The van der Waals surface area contributed by atoms with Crippen LogP contribution >= 0.6 is 0 Å². The van der Waals surface area contributed by atoms with E-state index in [-0.39, 0.29) is 0 Å². The minimum absolute atomic E-state index is 0.355. The van der Waals surface area contributed by atoms with Crippen molar-refractivity contribution < 1.29 is 9.47 Å². The fraction of sp³-hybridized carbons (Fsp3) is 0.600. The van der Waals surface area contributed by atoms with Gasteiger partial charge in [-0.25, -0.2) is 0 Å². The van der Waals surface area contributed by atoms with Crippen molar-refractivity contribution in [1.29, 1.82) is 0 Å². The average Bonchev–Trinajstić information content (AvgIpc) is 2.91. The number of likely N-dealkylation sites (tertiary alicyclic amines) is 1. The first kappa shape index (κ1) is 12.4. The highest BCUT2D eigenvalue weighted by Gasteiger charge is 2.32.